The summed E-state index contributed by atoms with van der Waals surface area (Å²) in [7, 11) is 0. The van der Waals surface area contributed by atoms with Gasteiger partial charge in [-0.15, -0.1) is 12.4 Å². The molecule has 50 valence electrons. The molecule has 0 amide bonds. The Balaban J connectivity index is 0.000000490. The van der Waals surface area contributed by atoms with Crippen molar-refractivity contribution in [1.29, 1.82) is 0 Å². The number of halogens is 1. The summed E-state index contributed by atoms with van der Waals surface area (Å²) in [5, 5.41) is 8.83. The maximum atomic E-state index is 8.83. The van der Waals surface area contributed by atoms with E-state index in [-0.39, 0.29) is 18.5 Å². The molecule has 0 spiro atoms. The molecule has 1 fully saturated rings. The molecule has 0 bridgehead atoms. The van der Waals surface area contributed by atoms with Crippen molar-refractivity contribution >= 4 is 12.4 Å². The average Bonchev–Trinajstić information content (AvgIpc) is 1.65. The van der Waals surface area contributed by atoms with E-state index in [2.05, 4.69) is 0 Å². The molecule has 8 heavy (non-hydrogen) atoms. The Morgan fingerprint density at radius 3 is 2.12 bits per heavy atom. The Bertz CT molecular complexity index is 67.4. The van der Waals surface area contributed by atoms with Crippen LogP contribution in [0.25, 0.3) is 0 Å². The Hall–Kier alpha value is 0.210. The molecule has 1 saturated carbocycles. The zero-order valence-electron chi connectivity index (χ0n) is 4.71. The van der Waals surface area contributed by atoms with Gasteiger partial charge in [-0.3, -0.25) is 0 Å². The molecule has 1 aliphatic carbocycles. The van der Waals surface area contributed by atoms with E-state index in [4.69, 9.17) is 10.8 Å². The Morgan fingerprint density at radius 2 is 2.12 bits per heavy atom. The fourth-order valence-corrected chi connectivity index (χ4v) is 0.826. The second-order valence-electron chi connectivity index (χ2n) is 2.14. The highest BCUT2D eigenvalue weighted by Gasteiger charge is 2.26. The minimum atomic E-state index is -0.0787. The Morgan fingerprint density at radius 1 is 1.50 bits per heavy atom. The maximum Gasteiger partial charge on any atom is 0.0580 e. The van der Waals surface area contributed by atoms with Crippen LogP contribution in [-0.4, -0.2) is 17.8 Å². The number of aliphatic hydroxyl groups excluding tert-OH is 1. The number of aliphatic hydroxyl groups is 1. The first kappa shape index (κ1) is 8.21. The van der Waals surface area contributed by atoms with Gasteiger partial charge in [0, 0.05) is 0 Å². The van der Waals surface area contributed by atoms with Gasteiger partial charge in [-0.05, 0) is 25.3 Å². The smallest absolute Gasteiger partial charge is 0.0580 e. The van der Waals surface area contributed by atoms with Crippen LogP contribution in [0.4, 0.5) is 0 Å². The third kappa shape index (κ3) is 1.34. The first-order chi connectivity index (χ1) is 3.34. The van der Waals surface area contributed by atoms with E-state index in [0.717, 1.165) is 12.8 Å². The number of nitrogens with two attached hydrogens (primary N) is 1. The summed E-state index contributed by atoms with van der Waals surface area (Å²) in [6.45, 7) is 0.654. The molecular weight excluding hydrogens is 126 g/mol. The lowest BCUT2D eigenvalue weighted by Gasteiger charge is -2.30. The van der Waals surface area contributed by atoms with Crippen molar-refractivity contribution in [3.05, 3.63) is 0 Å². The van der Waals surface area contributed by atoms with E-state index in [0.29, 0.717) is 12.5 Å². The fraction of sp³-hybridized carbons (Fsp3) is 1.00. The van der Waals surface area contributed by atoms with E-state index in [9.17, 15) is 0 Å². The first-order valence-corrected chi connectivity index (χ1v) is 2.72. The molecule has 1 rings (SSSR count). The SMILES string of the molecule is Cl.NC[C@@H]1CC[C@@H]1O. The van der Waals surface area contributed by atoms with Gasteiger partial charge in [-0.1, -0.05) is 0 Å². The average molecular weight is 138 g/mol. The fourth-order valence-electron chi connectivity index (χ4n) is 0.826. The van der Waals surface area contributed by atoms with Gasteiger partial charge in [-0.25, -0.2) is 0 Å². The summed E-state index contributed by atoms with van der Waals surface area (Å²) in [6.07, 6.45) is 2.00. The van der Waals surface area contributed by atoms with Crippen molar-refractivity contribution < 1.29 is 5.11 Å². The summed E-state index contributed by atoms with van der Waals surface area (Å²) >= 11 is 0. The number of rotatable bonds is 1. The molecule has 3 heteroatoms. The van der Waals surface area contributed by atoms with Crippen molar-refractivity contribution in [3.63, 3.8) is 0 Å². The highest BCUT2D eigenvalue weighted by Crippen LogP contribution is 2.25. The lowest BCUT2D eigenvalue weighted by molar-refractivity contribution is 0.0292. The van der Waals surface area contributed by atoms with Crippen molar-refractivity contribution in [2.75, 3.05) is 6.54 Å². The normalized spacial score (nSPS) is 35.2. The van der Waals surface area contributed by atoms with E-state index in [1.807, 2.05) is 0 Å². The van der Waals surface area contributed by atoms with Crippen LogP contribution in [0.5, 0.6) is 0 Å². The van der Waals surface area contributed by atoms with Gasteiger partial charge >= 0.3 is 0 Å². The molecule has 0 unspecified atom stereocenters. The molecule has 0 aromatic carbocycles. The summed E-state index contributed by atoms with van der Waals surface area (Å²) in [5.74, 6) is 0.417. The Kier molecular flexibility index (Phi) is 3.36. The standard InChI is InChI=1S/C5H11NO.ClH/c6-3-4-1-2-5(4)7;/h4-5,7H,1-3,6H2;1H/t4-,5-;/m0./s1. The molecule has 2 atom stereocenters. The summed E-state index contributed by atoms with van der Waals surface area (Å²) in [5.41, 5.74) is 5.26. The van der Waals surface area contributed by atoms with Crippen molar-refractivity contribution in [1.82, 2.24) is 0 Å². The minimum Gasteiger partial charge on any atom is -0.393 e. The van der Waals surface area contributed by atoms with Gasteiger partial charge < -0.3 is 10.8 Å². The zero-order chi connectivity index (χ0) is 5.28. The summed E-state index contributed by atoms with van der Waals surface area (Å²) < 4.78 is 0. The second-order valence-corrected chi connectivity index (χ2v) is 2.14. The molecule has 0 radical (unpaired) electrons. The van der Waals surface area contributed by atoms with Gasteiger partial charge in [-0.2, -0.15) is 0 Å². The molecule has 0 heterocycles. The van der Waals surface area contributed by atoms with Crippen molar-refractivity contribution in [3.8, 4) is 0 Å². The second kappa shape index (κ2) is 3.28. The quantitative estimate of drug-likeness (QED) is 0.540. The number of hydrogen-bond donors (Lipinski definition) is 2. The van der Waals surface area contributed by atoms with Gasteiger partial charge in [0.2, 0.25) is 0 Å². The summed E-state index contributed by atoms with van der Waals surface area (Å²) in [6, 6.07) is 0. The summed E-state index contributed by atoms with van der Waals surface area (Å²) in [4.78, 5) is 0. The molecule has 2 nitrogen and oxygen atoms in total. The highest BCUT2D eigenvalue weighted by molar-refractivity contribution is 5.85. The van der Waals surface area contributed by atoms with Crippen LogP contribution in [0.2, 0.25) is 0 Å². The number of hydrogen-bond acceptors (Lipinski definition) is 2. The maximum absolute atomic E-state index is 8.83. The van der Waals surface area contributed by atoms with Gasteiger partial charge in [0.1, 0.15) is 0 Å². The monoisotopic (exact) mass is 137 g/mol. The molecule has 3 N–H and O–H groups in total. The molecule has 0 aromatic rings. The molecule has 0 saturated heterocycles. The van der Waals surface area contributed by atoms with E-state index < -0.39 is 0 Å². The van der Waals surface area contributed by atoms with E-state index in [1.54, 1.807) is 0 Å². The van der Waals surface area contributed by atoms with Crippen LogP contribution in [0.15, 0.2) is 0 Å². The minimum absolute atomic E-state index is 0. The Labute approximate surface area is 55.5 Å². The lowest BCUT2D eigenvalue weighted by Crippen LogP contribution is -2.36. The van der Waals surface area contributed by atoms with Gasteiger partial charge in [0.05, 0.1) is 6.10 Å². The molecule has 0 aromatic heterocycles. The predicted molar refractivity (Wildman–Crippen MR) is 35.0 cm³/mol. The van der Waals surface area contributed by atoms with Crippen LogP contribution in [0, 0.1) is 5.92 Å². The predicted octanol–water partition coefficient (Wildman–Crippen LogP) is 0.138. The van der Waals surface area contributed by atoms with Crippen LogP contribution in [-0.2, 0) is 0 Å². The molecule has 1 aliphatic rings. The molecule has 0 aliphatic heterocycles. The first-order valence-electron chi connectivity index (χ1n) is 2.72. The van der Waals surface area contributed by atoms with Crippen LogP contribution in [0.1, 0.15) is 12.8 Å². The third-order valence-corrected chi connectivity index (χ3v) is 1.68. The highest BCUT2D eigenvalue weighted by atomic mass is 35.5. The zero-order valence-corrected chi connectivity index (χ0v) is 5.53. The van der Waals surface area contributed by atoms with Crippen molar-refractivity contribution in [2.24, 2.45) is 11.7 Å². The van der Waals surface area contributed by atoms with Crippen LogP contribution in [0.3, 0.4) is 0 Å². The van der Waals surface area contributed by atoms with E-state index >= 15 is 0 Å². The van der Waals surface area contributed by atoms with Gasteiger partial charge in [0.25, 0.3) is 0 Å². The van der Waals surface area contributed by atoms with Crippen molar-refractivity contribution in [2.45, 2.75) is 18.9 Å². The lowest BCUT2D eigenvalue weighted by atomic mass is 9.82. The van der Waals surface area contributed by atoms with Crippen LogP contribution < -0.4 is 5.73 Å². The van der Waals surface area contributed by atoms with Crippen LogP contribution >= 0.6 is 12.4 Å². The third-order valence-electron chi connectivity index (χ3n) is 1.68. The topological polar surface area (TPSA) is 46.2 Å². The van der Waals surface area contributed by atoms with Gasteiger partial charge in [0.15, 0.2) is 0 Å². The van der Waals surface area contributed by atoms with E-state index in [1.165, 1.54) is 0 Å². The largest absolute Gasteiger partial charge is 0.393 e. The molecular formula is C5H12ClNO.